The van der Waals surface area contributed by atoms with Gasteiger partial charge in [0.25, 0.3) is 0 Å². The Hall–Kier alpha value is -1.33. The van der Waals surface area contributed by atoms with Crippen LogP contribution in [-0.2, 0) is 0 Å². The molecular weight excluding hydrogens is 272 g/mol. The largest absolute Gasteiger partial charge is 0.497 e. The normalized spacial score (nSPS) is 18.9. The number of benzene rings is 1. The third kappa shape index (κ3) is 3.41. The van der Waals surface area contributed by atoms with Gasteiger partial charge in [-0.2, -0.15) is 0 Å². The summed E-state index contributed by atoms with van der Waals surface area (Å²) in [5.41, 5.74) is 7.77. The number of ether oxygens (including phenoxy) is 1. The number of aliphatic hydroxyl groups is 1. The molecule has 0 bridgehead atoms. The van der Waals surface area contributed by atoms with E-state index in [9.17, 15) is 0 Å². The van der Waals surface area contributed by atoms with E-state index in [1.807, 2.05) is 18.2 Å². The molecule has 4 nitrogen and oxygen atoms in total. The zero-order valence-corrected chi connectivity index (χ0v) is 12.7. The van der Waals surface area contributed by atoms with Crippen LogP contribution >= 0.6 is 12.2 Å². The Bertz CT molecular complexity index is 477. The Balaban J connectivity index is 2.27. The van der Waals surface area contributed by atoms with E-state index in [0.29, 0.717) is 10.9 Å². The summed E-state index contributed by atoms with van der Waals surface area (Å²) in [6.07, 6.45) is 3.14. The second-order valence-corrected chi connectivity index (χ2v) is 5.65. The van der Waals surface area contributed by atoms with Crippen LogP contribution in [0.25, 0.3) is 0 Å². The van der Waals surface area contributed by atoms with E-state index in [2.05, 4.69) is 4.90 Å². The average Bonchev–Trinajstić information content (AvgIpc) is 2.47. The van der Waals surface area contributed by atoms with E-state index < -0.39 is 0 Å². The zero-order valence-electron chi connectivity index (χ0n) is 11.8. The molecule has 20 heavy (non-hydrogen) atoms. The molecule has 1 aliphatic rings. The SMILES string of the molecule is COc1ccc(C(N)=S)c(N2CCCC(CCO)C2)c1. The van der Waals surface area contributed by atoms with Crippen molar-refractivity contribution in [2.45, 2.75) is 19.3 Å². The number of nitrogens with zero attached hydrogens (tertiary/aromatic N) is 1. The van der Waals surface area contributed by atoms with Gasteiger partial charge in [0, 0.05) is 31.3 Å². The van der Waals surface area contributed by atoms with Crippen LogP contribution in [0.4, 0.5) is 5.69 Å². The van der Waals surface area contributed by atoms with Crippen molar-refractivity contribution in [2.75, 3.05) is 31.7 Å². The molecule has 0 aliphatic carbocycles. The number of hydrogen-bond acceptors (Lipinski definition) is 4. The van der Waals surface area contributed by atoms with Crippen molar-refractivity contribution in [3.05, 3.63) is 23.8 Å². The van der Waals surface area contributed by atoms with Gasteiger partial charge in [-0.05, 0) is 37.3 Å². The topological polar surface area (TPSA) is 58.7 Å². The van der Waals surface area contributed by atoms with Gasteiger partial charge in [-0.3, -0.25) is 0 Å². The standard InChI is InChI=1S/C15H22N2O2S/c1-19-12-4-5-13(15(16)20)14(9-12)17-7-2-3-11(10-17)6-8-18/h4-5,9,11,18H,2-3,6-8,10H2,1H3,(H2,16,20). The molecule has 0 spiro atoms. The average molecular weight is 294 g/mol. The number of rotatable bonds is 5. The number of hydrogen-bond donors (Lipinski definition) is 2. The van der Waals surface area contributed by atoms with Crippen LogP contribution in [0.15, 0.2) is 18.2 Å². The van der Waals surface area contributed by atoms with Crippen molar-refractivity contribution >= 4 is 22.9 Å². The fourth-order valence-electron chi connectivity index (χ4n) is 2.81. The van der Waals surface area contributed by atoms with Crippen LogP contribution in [-0.4, -0.2) is 36.9 Å². The van der Waals surface area contributed by atoms with Gasteiger partial charge in [0.05, 0.1) is 12.8 Å². The van der Waals surface area contributed by atoms with Crippen molar-refractivity contribution in [1.29, 1.82) is 0 Å². The first-order chi connectivity index (χ1) is 9.65. The van der Waals surface area contributed by atoms with E-state index in [1.165, 1.54) is 6.42 Å². The molecule has 110 valence electrons. The number of thiocarbonyl (C=S) groups is 1. The van der Waals surface area contributed by atoms with Gasteiger partial charge < -0.3 is 20.5 Å². The van der Waals surface area contributed by atoms with Crippen molar-refractivity contribution in [2.24, 2.45) is 11.7 Å². The lowest BCUT2D eigenvalue weighted by Gasteiger charge is -2.35. The molecule has 1 saturated heterocycles. The van der Waals surface area contributed by atoms with E-state index in [4.69, 9.17) is 27.8 Å². The summed E-state index contributed by atoms with van der Waals surface area (Å²) in [4.78, 5) is 2.72. The Morgan fingerprint density at radius 3 is 3.00 bits per heavy atom. The summed E-state index contributed by atoms with van der Waals surface area (Å²) in [5.74, 6) is 1.34. The first-order valence-electron chi connectivity index (χ1n) is 6.99. The maximum absolute atomic E-state index is 9.12. The number of aliphatic hydroxyl groups excluding tert-OH is 1. The Morgan fingerprint density at radius 1 is 1.55 bits per heavy atom. The molecule has 1 aromatic carbocycles. The number of piperidine rings is 1. The molecule has 5 heteroatoms. The molecule has 3 N–H and O–H groups in total. The van der Waals surface area contributed by atoms with Crippen molar-refractivity contribution < 1.29 is 9.84 Å². The van der Waals surface area contributed by atoms with E-state index in [0.717, 1.165) is 42.9 Å². The van der Waals surface area contributed by atoms with Crippen LogP contribution in [0.5, 0.6) is 5.75 Å². The van der Waals surface area contributed by atoms with Gasteiger partial charge in [-0.15, -0.1) is 0 Å². The molecule has 0 aromatic heterocycles. The molecule has 1 aromatic rings. The Morgan fingerprint density at radius 2 is 2.35 bits per heavy atom. The number of methoxy groups -OCH3 is 1. The van der Waals surface area contributed by atoms with Crippen molar-refractivity contribution in [3.63, 3.8) is 0 Å². The fourth-order valence-corrected chi connectivity index (χ4v) is 2.98. The van der Waals surface area contributed by atoms with E-state index >= 15 is 0 Å². The molecule has 1 atom stereocenters. The smallest absolute Gasteiger partial charge is 0.120 e. The zero-order chi connectivity index (χ0) is 14.5. The minimum Gasteiger partial charge on any atom is -0.497 e. The van der Waals surface area contributed by atoms with Crippen molar-refractivity contribution in [1.82, 2.24) is 0 Å². The first kappa shape index (κ1) is 15.1. The minimum absolute atomic E-state index is 0.249. The Labute approximate surface area is 125 Å². The highest BCUT2D eigenvalue weighted by atomic mass is 32.1. The number of anilines is 1. The van der Waals surface area contributed by atoms with Crippen LogP contribution < -0.4 is 15.4 Å². The molecule has 1 fully saturated rings. The lowest BCUT2D eigenvalue weighted by Crippen LogP contribution is -2.37. The van der Waals surface area contributed by atoms with Gasteiger partial charge >= 0.3 is 0 Å². The molecule has 0 amide bonds. The summed E-state index contributed by atoms with van der Waals surface area (Å²) in [7, 11) is 1.66. The summed E-state index contributed by atoms with van der Waals surface area (Å²) >= 11 is 5.15. The molecular formula is C15H22N2O2S. The molecule has 1 heterocycles. The molecule has 1 unspecified atom stereocenters. The van der Waals surface area contributed by atoms with Gasteiger partial charge in [-0.1, -0.05) is 12.2 Å². The highest BCUT2D eigenvalue weighted by Crippen LogP contribution is 2.30. The van der Waals surface area contributed by atoms with Crippen LogP contribution in [0.3, 0.4) is 0 Å². The summed E-state index contributed by atoms with van der Waals surface area (Å²) in [5, 5.41) is 9.12. The second-order valence-electron chi connectivity index (χ2n) is 5.21. The molecule has 0 saturated carbocycles. The fraction of sp³-hybridized carbons (Fsp3) is 0.533. The third-order valence-electron chi connectivity index (χ3n) is 3.87. The molecule has 2 rings (SSSR count). The highest BCUT2D eigenvalue weighted by Gasteiger charge is 2.22. The predicted molar refractivity (Wildman–Crippen MR) is 85.5 cm³/mol. The first-order valence-corrected chi connectivity index (χ1v) is 7.40. The quantitative estimate of drug-likeness (QED) is 0.813. The van der Waals surface area contributed by atoms with E-state index in [-0.39, 0.29) is 6.61 Å². The highest BCUT2D eigenvalue weighted by molar-refractivity contribution is 7.80. The maximum atomic E-state index is 9.12. The third-order valence-corrected chi connectivity index (χ3v) is 4.09. The second kappa shape index (κ2) is 6.90. The molecule has 0 radical (unpaired) electrons. The Kier molecular flexibility index (Phi) is 5.20. The predicted octanol–water partition coefficient (Wildman–Crippen LogP) is 1.93. The van der Waals surface area contributed by atoms with Crippen molar-refractivity contribution in [3.8, 4) is 5.75 Å². The van der Waals surface area contributed by atoms with Crippen LogP contribution in [0, 0.1) is 5.92 Å². The minimum atomic E-state index is 0.249. The van der Waals surface area contributed by atoms with Crippen LogP contribution in [0.1, 0.15) is 24.8 Å². The lowest BCUT2D eigenvalue weighted by atomic mass is 9.94. The van der Waals surface area contributed by atoms with Gasteiger partial charge in [-0.25, -0.2) is 0 Å². The number of nitrogens with two attached hydrogens (primary N) is 1. The van der Waals surface area contributed by atoms with Crippen LogP contribution in [0.2, 0.25) is 0 Å². The summed E-state index contributed by atoms with van der Waals surface area (Å²) in [6.45, 7) is 2.17. The summed E-state index contributed by atoms with van der Waals surface area (Å²) < 4.78 is 5.30. The van der Waals surface area contributed by atoms with Gasteiger partial charge in [0.2, 0.25) is 0 Å². The monoisotopic (exact) mass is 294 g/mol. The summed E-state index contributed by atoms with van der Waals surface area (Å²) in [6, 6.07) is 5.80. The maximum Gasteiger partial charge on any atom is 0.120 e. The van der Waals surface area contributed by atoms with E-state index in [1.54, 1.807) is 7.11 Å². The van der Waals surface area contributed by atoms with Gasteiger partial charge in [0.1, 0.15) is 10.7 Å². The molecule has 1 aliphatic heterocycles. The van der Waals surface area contributed by atoms with Gasteiger partial charge in [0.15, 0.2) is 0 Å². The lowest BCUT2D eigenvalue weighted by molar-refractivity contribution is 0.244.